The number of nitrogens with one attached hydrogen (secondary N) is 1. The van der Waals surface area contributed by atoms with Gasteiger partial charge in [0.2, 0.25) is 0 Å². The van der Waals surface area contributed by atoms with E-state index in [4.69, 9.17) is 4.84 Å². The second-order valence-electron chi connectivity index (χ2n) is 3.53. The third-order valence-corrected chi connectivity index (χ3v) is 1.12. The van der Waals surface area contributed by atoms with E-state index in [1.807, 2.05) is 20.8 Å². The van der Waals surface area contributed by atoms with Crippen LogP contribution in [0.4, 0.5) is 0 Å². The highest BCUT2D eigenvalue weighted by Gasteiger charge is 2.15. The molecule has 0 unspecified atom stereocenters. The summed E-state index contributed by atoms with van der Waals surface area (Å²) in [4.78, 5) is 16.2. The van der Waals surface area contributed by atoms with E-state index >= 15 is 0 Å². The molecule has 1 aromatic rings. The standard InChI is InChI=1S/C8H12N2O3/c1-8(2,3)13-10-7(11)6-4-5-12-9-6/h4-5H,1-3H3,(H,10,11). The number of rotatable bonds is 2. The highest BCUT2D eigenvalue weighted by molar-refractivity contribution is 5.91. The molecule has 5 nitrogen and oxygen atoms in total. The van der Waals surface area contributed by atoms with Gasteiger partial charge in [0.25, 0.3) is 5.91 Å². The van der Waals surface area contributed by atoms with E-state index in [1.54, 1.807) is 0 Å². The van der Waals surface area contributed by atoms with Crippen molar-refractivity contribution >= 4 is 5.91 Å². The van der Waals surface area contributed by atoms with Gasteiger partial charge in [-0.05, 0) is 20.8 Å². The molecule has 0 spiro atoms. The predicted molar refractivity (Wildman–Crippen MR) is 44.8 cm³/mol. The van der Waals surface area contributed by atoms with Crippen LogP contribution in [0.15, 0.2) is 16.9 Å². The summed E-state index contributed by atoms with van der Waals surface area (Å²) in [5, 5.41) is 3.45. The fraction of sp³-hybridized carbons (Fsp3) is 0.500. The quantitative estimate of drug-likeness (QED) is 0.700. The van der Waals surface area contributed by atoms with E-state index in [0.29, 0.717) is 0 Å². The van der Waals surface area contributed by atoms with Crippen LogP contribution in [0.5, 0.6) is 0 Å². The van der Waals surface area contributed by atoms with Crippen molar-refractivity contribution in [3.05, 3.63) is 18.0 Å². The van der Waals surface area contributed by atoms with Gasteiger partial charge in [-0.3, -0.25) is 9.63 Å². The van der Waals surface area contributed by atoms with Gasteiger partial charge in [0.05, 0.1) is 5.60 Å². The van der Waals surface area contributed by atoms with Crippen molar-refractivity contribution in [1.82, 2.24) is 10.6 Å². The normalized spacial score (nSPS) is 11.3. The first-order chi connectivity index (χ1) is 5.99. The van der Waals surface area contributed by atoms with E-state index in [1.165, 1.54) is 12.3 Å². The average molecular weight is 184 g/mol. The van der Waals surface area contributed by atoms with Crippen molar-refractivity contribution in [2.75, 3.05) is 0 Å². The summed E-state index contributed by atoms with van der Waals surface area (Å²) in [6.45, 7) is 5.49. The number of carbonyl (C=O) groups excluding carboxylic acids is 1. The van der Waals surface area contributed by atoms with Crippen LogP contribution in [0.2, 0.25) is 0 Å². The van der Waals surface area contributed by atoms with Crippen molar-refractivity contribution < 1.29 is 14.2 Å². The van der Waals surface area contributed by atoms with E-state index < -0.39 is 11.5 Å². The molecule has 13 heavy (non-hydrogen) atoms. The summed E-state index contributed by atoms with van der Waals surface area (Å²) in [5.41, 5.74) is 2.04. The van der Waals surface area contributed by atoms with Crippen LogP contribution in [-0.4, -0.2) is 16.7 Å². The molecule has 1 N–H and O–H groups in total. The number of carbonyl (C=O) groups is 1. The molecule has 0 aliphatic carbocycles. The Kier molecular flexibility index (Phi) is 2.67. The Morgan fingerprint density at radius 1 is 1.62 bits per heavy atom. The number of hydroxylamine groups is 1. The zero-order chi connectivity index (χ0) is 9.90. The molecule has 1 amide bonds. The molecule has 0 bridgehead atoms. The molecule has 0 saturated heterocycles. The lowest BCUT2D eigenvalue weighted by Crippen LogP contribution is -2.33. The molecule has 1 rings (SSSR count). The van der Waals surface area contributed by atoms with Crippen molar-refractivity contribution in [3.63, 3.8) is 0 Å². The van der Waals surface area contributed by atoms with Crippen LogP contribution in [0.3, 0.4) is 0 Å². The van der Waals surface area contributed by atoms with Crippen LogP contribution in [0.25, 0.3) is 0 Å². The van der Waals surface area contributed by atoms with Gasteiger partial charge in [-0.25, -0.2) is 5.48 Å². The number of hydrogen-bond acceptors (Lipinski definition) is 4. The van der Waals surface area contributed by atoms with Crippen molar-refractivity contribution in [3.8, 4) is 0 Å². The average Bonchev–Trinajstić information content (AvgIpc) is 2.50. The highest BCUT2D eigenvalue weighted by atomic mass is 16.7. The molecule has 0 aliphatic heterocycles. The van der Waals surface area contributed by atoms with Gasteiger partial charge in [0.1, 0.15) is 6.26 Å². The van der Waals surface area contributed by atoms with Crippen molar-refractivity contribution in [2.24, 2.45) is 0 Å². The third kappa shape index (κ3) is 3.25. The molecule has 1 aromatic heterocycles. The molecule has 0 radical (unpaired) electrons. The minimum atomic E-state index is -0.417. The lowest BCUT2D eigenvalue weighted by atomic mass is 10.2. The molecule has 0 saturated carbocycles. The summed E-state index contributed by atoms with van der Waals surface area (Å²) in [7, 11) is 0. The topological polar surface area (TPSA) is 64.4 Å². The number of hydrogen-bond donors (Lipinski definition) is 1. The Bertz CT molecular complexity index is 274. The molecule has 0 aromatic carbocycles. The van der Waals surface area contributed by atoms with E-state index in [0.717, 1.165) is 0 Å². The molecule has 0 aliphatic rings. The second kappa shape index (κ2) is 3.57. The smallest absolute Gasteiger partial charge is 0.297 e. The van der Waals surface area contributed by atoms with Crippen LogP contribution in [0, 0.1) is 0 Å². The van der Waals surface area contributed by atoms with E-state index in [9.17, 15) is 4.79 Å². The Balaban J connectivity index is 2.44. The number of aromatic nitrogens is 1. The molecule has 0 fully saturated rings. The second-order valence-corrected chi connectivity index (χ2v) is 3.53. The summed E-state index contributed by atoms with van der Waals surface area (Å²) in [6.07, 6.45) is 1.33. The van der Waals surface area contributed by atoms with E-state index in [-0.39, 0.29) is 5.69 Å². The van der Waals surface area contributed by atoms with Crippen LogP contribution < -0.4 is 5.48 Å². The Morgan fingerprint density at radius 2 is 2.31 bits per heavy atom. The molecular weight excluding hydrogens is 172 g/mol. The predicted octanol–water partition coefficient (Wildman–Crippen LogP) is 1.13. The first kappa shape index (κ1) is 9.73. The van der Waals surface area contributed by atoms with Gasteiger partial charge in [-0.15, -0.1) is 0 Å². The van der Waals surface area contributed by atoms with E-state index in [2.05, 4.69) is 15.2 Å². The fourth-order valence-corrected chi connectivity index (χ4v) is 0.581. The lowest BCUT2D eigenvalue weighted by molar-refractivity contribution is -0.0592. The maximum atomic E-state index is 11.2. The SMILES string of the molecule is CC(C)(C)ONC(=O)c1ccon1. The van der Waals surface area contributed by atoms with Gasteiger partial charge in [-0.2, -0.15) is 0 Å². The summed E-state index contributed by atoms with van der Waals surface area (Å²) in [5.74, 6) is -0.413. The van der Waals surface area contributed by atoms with Crippen molar-refractivity contribution in [1.29, 1.82) is 0 Å². The van der Waals surface area contributed by atoms with Crippen LogP contribution in [0.1, 0.15) is 31.3 Å². The fourth-order valence-electron chi connectivity index (χ4n) is 0.581. The zero-order valence-electron chi connectivity index (χ0n) is 7.83. The Hall–Kier alpha value is -1.36. The third-order valence-electron chi connectivity index (χ3n) is 1.12. The molecule has 72 valence electrons. The Morgan fingerprint density at radius 3 is 2.77 bits per heavy atom. The summed E-state index contributed by atoms with van der Waals surface area (Å²) in [6, 6.07) is 1.46. The Labute approximate surface area is 76.0 Å². The monoisotopic (exact) mass is 184 g/mol. The van der Waals surface area contributed by atoms with Gasteiger partial charge in [0.15, 0.2) is 5.69 Å². The van der Waals surface area contributed by atoms with Gasteiger partial charge in [0, 0.05) is 6.07 Å². The summed E-state index contributed by atoms with van der Waals surface area (Å²) >= 11 is 0. The summed E-state index contributed by atoms with van der Waals surface area (Å²) < 4.78 is 4.50. The minimum Gasteiger partial charge on any atom is -0.364 e. The first-order valence-electron chi connectivity index (χ1n) is 3.88. The molecular formula is C8H12N2O3. The molecule has 0 atom stereocenters. The first-order valence-corrected chi connectivity index (χ1v) is 3.88. The maximum Gasteiger partial charge on any atom is 0.297 e. The number of nitrogens with zero attached hydrogens (tertiary/aromatic N) is 1. The van der Waals surface area contributed by atoms with Gasteiger partial charge < -0.3 is 4.52 Å². The molecule has 5 heteroatoms. The minimum absolute atomic E-state index is 0.198. The van der Waals surface area contributed by atoms with Gasteiger partial charge in [-0.1, -0.05) is 5.16 Å². The maximum absolute atomic E-state index is 11.2. The van der Waals surface area contributed by atoms with Crippen LogP contribution >= 0.6 is 0 Å². The van der Waals surface area contributed by atoms with Crippen molar-refractivity contribution in [2.45, 2.75) is 26.4 Å². The highest BCUT2D eigenvalue weighted by Crippen LogP contribution is 2.04. The van der Waals surface area contributed by atoms with Crippen LogP contribution in [-0.2, 0) is 4.84 Å². The lowest BCUT2D eigenvalue weighted by Gasteiger charge is -2.18. The number of amides is 1. The van der Waals surface area contributed by atoms with Gasteiger partial charge >= 0.3 is 0 Å². The zero-order valence-corrected chi connectivity index (χ0v) is 7.83. The molecule has 1 heterocycles. The largest absolute Gasteiger partial charge is 0.364 e.